The zero-order valence-electron chi connectivity index (χ0n) is 9.44. The third kappa shape index (κ3) is 1.16. The molecule has 2 aromatic heterocycles. The largest absolute Gasteiger partial charge is 0.374 e. The summed E-state index contributed by atoms with van der Waals surface area (Å²) < 4.78 is 2.16. The number of aromatic nitrogens is 3. The predicted octanol–water partition coefficient (Wildman–Crippen LogP) is 2.45. The van der Waals surface area contributed by atoms with E-state index in [2.05, 4.69) is 33.7 Å². The smallest absolute Gasteiger partial charge is 0.0998 e. The molecule has 82 valence electrons. The second-order valence-corrected chi connectivity index (χ2v) is 4.08. The van der Waals surface area contributed by atoms with E-state index in [1.54, 1.807) is 0 Å². The van der Waals surface area contributed by atoms with E-state index < -0.39 is 0 Å². The number of hydrogen-bond donors (Lipinski definition) is 1. The maximum Gasteiger partial charge on any atom is 0.0998 e. The number of nitrogens with zero attached hydrogens (tertiary/aromatic N) is 3. The third-order valence-corrected chi connectivity index (χ3v) is 3.12. The minimum atomic E-state index is 0.333. The van der Waals surface area contributed by atoms with E-state index in [9.17, 15) is 0 Å². The molecule has 3 heterocycles. The van der Waals surface area contributed by atoms with Crippen molar-refractivity contribution in [3.05, 3.63) is 36.2 Å². The summed E-state index contributed by atoms with van der Waals surface area (Å²) in [6.45, 7) is 4.23. The van der Waals surface area contributed by atoms with E-state index in [1.807, 2.05) is 24.8 Å². The Labute approximate surface area is 94.4 Å². The topological polar surface area (TPSA) is 42.7 Å². The Hall–Kier alpha value is -1.84. The summed E-state index contributed by atoms with van der Waals surface area (Å²) in [4.78, 5) is 8.55. The van der Waals surface area contributed by atoms with Crippen molar-refractivity contribution in [2.45, 2.75) is 26.3 Å². The second kappa shape index (κ2) is 3.33. The highest BCUT2D eigenvalue weighted by Gasteiger charge is 2.24. The van der Waals surface area contributed by atoms with Crippen molar-refractivity contribution in [1.82, 2.24) is 14.5 Å². The van der Waals surface area contributed by atoms with Gasteiger partial charge in [-0.3, -0.25) is 9.55 Å². The number of nitrogens with one attached hydrogen (secondary N) is 1. The van der Waals surface area contributed by atoms with Gasteiger partial charge >= 0.3 is 0 Å². The van der Waals surface area contributed by atoms with Gasteiger partial charge in [-0.05, 0) is 19.4 Å². The van der Waals surface area contributed by atoms with Gasteiger partial charge in [0.05, 0.1) is 41.3 Å². The van der Waals surface area contributed by atoms with Crippen molar-refractivity contribution in [3.8, 4) is 5.69 Å². The monoisotopic (exact) mass is 214 g/mol. The first-order chi connectivity index (χ1) is 7.81. The summed E-state index contributed by atoms with van der Waals surface area (Å²) in [5.74, 6) is 0. The molecule has 0 bridgehead atoms. The highest BCUT2D eigenvalue weighted by atomic mass is 15.2. The van der Waals surface area contributed by atoms with Crippen LogP contribution in [0, 0.1) is 6.92 Å². The van der Waals surface area contributed by atoms with Gasteiger partial charge in [-0.1, -0.05) is 6.92 Å². The minimum absolute atomic E-state index is 0.333. The van der Waals surface area contributed by atoms with Crippen LogP contribution in [0.4, 0.5) is 5.69 Å². The molecular formula is C12H14N4. The van der Waals surface area contributed by atoms with Gasteiger partial charge in [-0.15, -0.1) is 0 Å². The molecule has 2 aromatic rings. The molecule has 0 aliphatic carbocycles. The zero-order chi connectivity index (χ0) is 11.1. The first kappa shape index (κ1) is 9.39. The highest BCUT2D eigenvalue weighted by Crippen LogP contribution is 2.34. The number of hydrogen-bond acceptors (Lipinski definition) is 3. The van der Waals surface area contributed by atoms with E-state index in [0.717, 1.165) is 23.5 Å². The average Bonchev–Trinajstić information content (AvgIpc) is 2.71. The number of rotatable bonds is 1. The summed E-state index contributed by atoms with van der Waals surface area (Å²) in [5.41, 5.74) is 4.58. The second-order valence-electron chi connectivity index (χ2n) is 4.08. The van der Waals surface area contributed by atoms with Crippen molar-refractivity contribution in [1.29, 1.82) is 0 Å². The lowest BCUT2D eigenvalue weighted by atomic mass is 10.1. The van der Waals surface area contributed by atoms with E-state index in [-0.39, 0.29) is 0 Å². The van der Waals surface area contributed by atoms with Crippen LogP contribution >= 0.6 is 0 Å². The van der Waals surface area contributed by atoms with Crippen LogP contribution in [-0.4, -0.2) is 14.5 Å². The molecule has 1 atom stereocenters. The number of anilines is 1. The van der Waals surface area contributed by atoms with Crippen LogP contribution < -0.4 is 5.32 Å². The van der Waals surface area contributed by atoms with Gasteiger partial charge in [0, 0.05) is 6.20 Å². The summed E-state index contributed by atoms with van der Waals surface area (Å²) in [7, 11) is 0. The van der Waals surface area contributed by atoms with Gasteiger partial charge in [0.1, 0.15) is 0 Å². The Bertz CT molecular complexity index is 530. The maximum atomic E-state index is 4.40. The Balaban J connectivity index is 2.25. The van der Waals surface area contributed by atoms with E-state index >= 15 is 0 Å². The molecule has 4 heteroatoms. The minimum Gasteiger partial charge on any atom is -0.374 e. The Morgan fingerprint density at radius 2 is 2.38 bits per heavy atom. The molecule has 0 saturated heterocycles. The molecule has 1 unspecified atom stereocenters. The first-order valence-corrected chi connectivity index (χ1v) is 5.56. The van der Waals surface area contributed by atoms with Crippen molar-refractivity contribution >= 4 is 5.69 Å². The van der Waals surface area contributed by atoms with Crippen LogP contribution in [0.2, 0.25) is 0 Å². The van der Waals surface area contributed by atoms with Gasteiger partial charge in [-0.2, -0.15) is 0 Å². The standard InChI is InChI=1S/C12H14N4/c1-3-9-12-8(2)14-7-16(12)11-4-5-13-6-10(11)15-9/h4-7,9,15H,3H2,1-2H3. The molecule has 3 rings (SSSR count). The molecule has 1 aliphatic heterocycles. The number of pyridine rings is 1. The summed E-state index contributed by atoms with van der Waals surface area (Å²) >= 11 is 0. The fourth-order valence-electron chi connectivity index (χ4n) is 2.32. The van der Waals surface area contributed by atoms with Crippen LogP contribution in [0.25, 0.3) is 5.69 Å². The van der Waals surface area contributed by atoms with Gasteiger partial charge in [0.15, 0.2) is 0 Å². The fraction of sp³-hybridized carbons (Fsp3) is 0.333. The number of imidazole rings is 1. The Morgan fingerprint density at radius 1 is 1.50 bits per heavy atom. The van der Waals surface area contributed by atoms with Gasteiger partial charge < -0.3 is 5.32 Å². The average molecular weight is 214 g/mol. The van der Waals surface area contributed by atoms with Gasteiger partial charge in [-0.25, -0.2) is 4.98 Å². The molecule has 16 heavy (non-hydrogen) atoms. The lowest BCUT2D eigenvalue weighted by Gasteiger charge is -2.28. The van der Waals surface area contributed by atoms with Crippen LogP contribution in [0.15, 0.2) is 24.8 Å². The number of aryl methyl sites for hydroxylation is 1. The molecule has 0 saturated carbocycles. The Morgan fingerprint density at radius 3 is 3.19 bits per heavy atom. The van der Waals surface area contributed by atoms with Crippen molar-refractivity contribution in [2.75, 3.05) is 5.32 Å². The first-order valence-electron chi connectivity index (χ1n) is 5.56. The SMILES string of the molecule is CCC1Nc2cnccc2-n2cnc(C)c21. The molecule has 1 N–H and O–H groups in total. The van der Waals surface area contributed by atoms with Gasteiger partial charge in [0.25, 0.3) is 0 Å². The third-order valence-electron chi connectivity index (χ3n) is 3.12. The molecule has 4 nitrogen and oxygen atoms in total. The molecule has 0 aromatic carbocycles. The zero-order valence-corrected chi connectivity index (χ0v) is 9.44. The van der Waals surface area contributed by atoms with Crippen LogP contribution in [0.3, 0.4) is 0 Å². The number of fused-ring (bicyclic) bond motifs is 3. The molecule has 0 fully saturated rings. The summed E-state index contributed by atoms with van der Waals surface area (Å²) in [5, 5.41) is 3.51. The molecule has 0 radical (unpaired) electrons. The fourth-order valence-corrected chi connectivity index (χ4v) is 2.32. The summed E-state index contributed by atoms with van der Waals surface area (Å²) in [6.07, 6.45) is 6.62. The quantitative estimate of drug-likeness (QED) is 0.793. The Kier molecular flexibility index (Phi) is 1.96. The van der Waals surface area contributed by atoms with Crippen molar-refractivity contribution in [2.24, 2.45) is 0 Å². The van der Waals surface area contributed by atoms with E-state index in [1.165, 1.54) is 5.69 Å². The van der Waals surface area contributed by atoms with Crippen LogP contribution in [0.5, 0.6) is 0 Å². The lowest BCUT2D eigenvalue weighted by Crippen LogP contribution is -2.21. The molecule has 1 aliphatic rings. The van der Waals surface area contributed by atoms with Gasteiger partial charge in [0.2, 0.25) is 0 Å². The van der Waals surface area contributed by atoms with E-state index in [4.69, 9.17) is 0 Å². The van der Waals surface area contributed by atoms with Crippen LogP contribution in [-0.2, 0) is 0 Å². The van der Waals surface area contributed by atoms with Crippen molar-refractivity contribution < 1.29 is 0 Å². The molecular weight excluding hydrogens is 200 g/mol. The molecule has 0 spiro atoms. The lowest BCUT2D eigenvalue weighted by molar-refractivity contribution is 0.679. The normalized spacial score (nSPS) is 17.5. The maximum absolute atomic E-state index is 4.40. The van der Waals surface area contributed by atoms with Crippen LogP contribution in [0.1, 0.15) is 30.8 Å². The van der Waals surface area contributed by atoms with Crippen molar-refractivity contribution in [3.63, 3.8) is 0 Å². The molecule has 0 amide bonds. The predicted molar refractivity (Wildman–Crippen MR) is 62.8 cm³/mol. The van der Waals surface area contributed by atoms with E-state index in [0.29, 0.717) is 6.04 Å². The summed E-state index contributed by atoms with van der Waals surface area (Å²) in [6, 6.07) is 2.35. The highest BCUT2D eigenvalue weighted by molar-refractivity contribution is 5.64.